The molecule has 6 nitrogen and oxygen atoms in total. The van der Waals surface area contributed by atoms with Crippen LogP contribution in [0.25, 0.3) is 0 Å². The molecule has 0 aromatic heterocycles. The predicted octanol–water partition coefficient (Wildman–Crippen LogP) is 2.59. The molecule has 31 heavy (non-hydrogen) atoms. The number of halogens is 4. The second kappa shape index (κ2) is 9.51. The molecule has 1 atom stereocenters. The molecule has 1 N–H and O–H groups in total. The van der Waals surface area contributed by atoms with Gasteiger partial charge >= 0.3 is 6.18 Å². The fourth-order valence-corrected chi connectivity index (χ4v) is 4.93. The van der Waals surface area contributed by atoms with Crippen molar-refractivity contribution in [2.45, 2.75) is 17.2 Å². The van der Waals surface area contributed by atoms with Gasteiger partial charge < -0.3 is 9.84 Å². The lowest BCUT2D eigenvalue weighted by Gasteiger charge is -2.35. The van der Waals surface area contributed by atoms with E-state index in [4.69, 9.17) is 4.74 Å². The van der Waals surface area contributed by atoms with Crippen molar-refractivity contribution < 1.29 is 35.8 Å². The number of aliphatic hydroxyl groups is 1. The molecule has 0 aliphatic carbocycles. The van der Waals surface area contributed by atoms with Gasteiger partial charge in [0, 0.05) is 32.7 Å². The standard InChI is InChI=1S/C20H22F4N2O4S/c21-15-5-7-17(8-6-15)30-14-16(27)13-25-9-11-26(12-10-25)31(28,29)19-4-2-1-3-18(19)20(22,23)24/h1-8,16,27H,9-14H2. The summed E-state index contributed by atoms with van der Waals surface area (Å²) in [5.41, 5.74) is -1.19. The predicted molar refractivity (Wildman–Crippen MR) is 105 cm³/mol. The number of benzene rings is 2. The van der Waals surface area contributed by atoms with E-state index in [0.717, 1.165) is 22.5 Å². The number of rotatable bonds is 7. The molecule has 2 aromatic carbocycles. The summed E-state index contributed by atoms with van der Waals surface area (Å²) < 4.78 is 84.5. The van der Waals surface area contributed by atoms with Crippen molar-refractivity contribution in [1.82, 2.24) is 9.21 Å². The Morgan fingerprint density at radius 1 is 1.00 bits per heavy atom. The Hall–Kier alpha value is -2.21. The molecule has 11 heteroatoms. The summed E-state index contributed by atoms with van der Waals surface area (Å²) in [6.07, 6.45) is -5.65. The number of β-amino-alcohol motifs (C(OH)–C–C–N with tert-alkyl or cyclic N) is 1. The number of hydrogen-bond donors (Lipinski definition) is 1. The second-order valence-electron chi connectivity index (χ2n) is 7.12. The number of ether oxygens (including phenoxy) is 1. The first-order valence-electron chi connectivity index (χ1n) is 9.52. The number of hydrogen-bond acceptors (Lipinski definition) is 5. The van der Waals surface area contributed by atoms with Crippen LogP contribution in [-0.2, 0) is 16.2 Å². The molecule has 1 aliphatic rings. The maximum Gasteiger partial charge on any atom is 0.417 e. The Labute approximate surface area is 177 Å². The van der Waals surface area contributed by atoms with E-state index >= 15 is 0 Å². The monoisotopic (exact) mass is 462 g/mol. The molecule has 0 spiro atoms. The number of sulfonamides is 1. The Bertz CT molecular complexity index is 975. The number of piperazine rings is 1. The molecule has 0 amide bonds. The second-order valence-corrected chi connectivity index (χ2v) is 9.02. The summed E-state index contributed by atoms with van der Waals surface area (Å²) in [7, 11) is -4.31. The maximum absolute atomic E-state index is 13.2. The number of nitrogens with zero attached hydrogens (tertiary/aromatic N) is 2. The molecular formula is C20H22F4N2O4S. The Kier molecular flexibility index (Phi) is 7.20. The van der Waals surface area contributed by atoms with Gasteiger partial charge in [0.2, 0.25) is 10.0 Å². The Morgan fingerprint density at radius 2 is 1.61 bits per heavy atom. The van der Waals surface area contributed by atoms with E-state index in [1.807, 2.05) is 0 Å². The highest BCUT2D eigenvalue weighted by molar-refractivity contribution is 7.89. The average Bonchev–Trinajstić information content (AvgIpc) is 2.73. The van der Waals surface area contributed by atoms with E-state index in [0.29, 0.717) is 5.75 Å². The van der Waals surface area contributed by atoms with Gasteiger partial charge in [-0.15, -0.1) is 0 Å². The topological polar surface area (TPSA) is 70.1 Å². The molecule has 2 aromatic rings. The fourth-order valence-electron chi connectivity index (χ4n) is 3.29. The van der Waals surface area contributed by atoms with Crippen LogP contribution in [0.2, 0.25) is 0 Å². The summed E-state index contributed by atoms with van der Waals surface area (Å²) >= 11 is 0. The zero-order chi connectivity index (χ0) is 22.6. The largest absolute Gasteiger partial charge is 0.491 e. The normalized spacial score (nSPS) is 17.5. The highest BCUT2D eigenvalue weighted by Gasteiger charge is 2.39. The van der Waals surface area contributed by atoms with Gasteiger partial charge in [-0.3, -0.25) is 4.90 Å². The minimum Gasteiger partial charge on any atom is -0.491 e. The van der Waals surface area contributed by atoms with E-state index in [-0.39, 0.29) is 39.3 Å². The van der Waals surface area contributed by atoms with Crippen molar-refractivity contribution >= 4 is 10.0 Å². The zero-order valence-corrected chi connectivity index (χ0v) is 17.2. The van der Waals surface area contributed by atoms with Crippen LogP contribution >= 0.6 is 0 Å². The minimum atomic E-state index is -4.78. The Morgan fingerprint density at radius 3 is 2.23 bits per heavy atom. The molecule has 0 radical (unpaired) electrons. The van der Waals surface area contributed by atoms with Crippen molar-refractivity contribution in [3.8, 4) is 5.75 Å². The quantitative estimate of drug-likeness (QED) is 0.641. The first-order valence-corrected chi connectivity index (χ1v) is 11.0. The fraction of sp³-hybridized carbons (Fsp3) is 0.400. The lowest BCUT2D eigenvalue weighted by molar-refractivity contribution is -0.139. The van der Waals surface area contributed by atoms with E-state index in [1.165, 1.54) is 30.3 Å². The smallest absolute Gasteiger partial charge is 0.417 e. The molecule has 3 rings (SSSR count). The molecule has 0 bridgehead atoms. The van der Waals surface area contributed by atoms with Gasteiger partial charge in [-0.1, -0.05) is 12.1 Å². The molecule has 1 fully saturated rings. The van der Waals surface area contributed by atoms with Crippen LogP contribution in [0.1, 0.15) is 5.56 Å². The summed E-state index contributed by atoms with van der Waals surface area (Å²) in [6.45, 7) is 0.666. The third-order valence-corrected chi connectivity index (χ3v) is 6.82. The Balaban J connectivity index is 1.55. The molecule has 1 aliphatic heterocycles. The molecule has 1 unspecified atom stereocenters. The maximum atomic E-state index is 13.2. The molecule has 1 heterocycles. The van der Waals surface area contributed by atoms with Gasteiger partial charge in [0.1, 0.15) is 24.3 Å². The summed E-state index contributed by atoms with van der Waals surface area (Å²) in [6, 6.07) is 9.46. The highest BCUT2D eigenvalue weighted by Crippen LogP contribution is 2.35. The SMILES string of the molecule is O=S(=O)(c1ccccc1C(F)(F)F)N1CCN(CC(O)COc2ccc(F)cc2)CC1. The average molecular weight is 462 g/mol. The summed E-state index contributed by atoms with van der Waals surface area (Å²) in [5, 5.41) is 10.1. The highest BCUT2D eigenvalue weighted by atomic mass is 32.2. The zero-order valence-electron chi connectivity index (χ0n) is 16.4. The van der Waals surface area contributed by atoms with Crippen LogP contribution in [-0.4, -0.2) is 68.2 Å². The van der Waals surface area contributed by atoms with Gasteiger partial charge in [0.05, 0.1) is 10.5 Å². The molecule has 1 saturated heterocycles. The van der Waals surface area contributed by atoms with Crippen molar-refractivity contribution in [2.75, 3.05) is 39.3 Å². The van der Waals surface area contributed by atoms with Crippen LogP contribution in [0.5, 0.6) is 5.75 Å². The molecule has 170 valence electrons. The van der Waals surface area contributed by atoms with Gasteiger partial charge in [-0.2, -0.15) is 17.5 Å². The van der Waals surface area contributed by atoms with E-state index < -0.39 is 38.6 Å². The van der Waals surface area contributed by atoms with Gasteiger partial charge in [0.25, 0.3) is 0 Å². The van der Waals surface area contributed by atoms with Gasteiger partial charge in [-0.05, 0) is 36.4 Å². The summed E-state index contributed by atoms with van der Waals surface area (Å²) in [5.74, 6) is -0.00160. The third kappa shape index (κ3) is 5.94. The van der Waals surface area contributed by atoms with Crippen LogP contribution in [0, 0.1) is 5.82 Å². The molecule has 0 saturated carbocycles. The van der Waals surface area contributed by atoms with Crippen molar-refractivity contribution in [3.05, 3.63) is 59.9 Å². The first-order chi connectivity index (χ1) is 14.6. The van der Waals surface area contributed by atoms with Crippen molar-refractivity contribution in [2.24, 2.45) is 0 Å². The lowest BCUT2D eigenvalue weighted by atomic mass is 10.2. The third-order valence-electron chi connectivity index (χ3n) is 4.87. The van der Waals surface area contributed by atoms with Gasteiger partial charge in [-0.25, -0.2) is 12.8 Å². The van der Waals surface area contributed by atoms with E-state index in [2.05, 4.69) is 0 Å². The van der Waals surface area contributed by atoms with Crippen LogP contribution in [0.15, 0.2) is 53.4 Å². The lowest BCUT2D eigenvalue weighted by Crippen LogP contribution is -2.51. The number of alkyl halides is 3. The summed E-state index contributed by atoms with van der Waals surface area (Å²) in [4.78, 5) is 1.05. The minimum absolute atomic E-state index is 0.0000635. The number of aliphatic hydroxyl groups excluding tert-OH is 1. The first kappa shape index (κ1) is 23.5. The van der Waals surface area contributed by atoms with E-state index in [9.17, 15) is 31.1 Å². The van der Waals surface area contributed by atoms with Crippen LogP contribution < -0.4 is 4.74 Å². The van der Waals surface area contributed by atoms with Crippen LogP contribution in [0.3, 0.4) is 0 Å². The van der Waals surface area contributed by atoms with Crippen LogP contribution in [0.4, 0.5) is 17.6 Å². The van der Waals surface area contributed by atoms with E-state index in [1.54, 1.807) is 4.90 Å². The van der Waals surface area contributed by atoms with Gasteiger partial charge in [0.15, 0.2) is 0 Å². The van der Waals surface area contributed by atoms with Crippen molar-refractivity contribution in [3.63, 3.8) is 0 Å². The molecular weight excluding hydrogens is 440 g/mol. The van der Waals surface area contributed by atoms with Crippen molar-refractivity contribution in [1.29, 1.82) is 0 Å².